The van der Waals surface area contributed by atoms with Crippen LogP contribution in [0.15, 0.2) is 18.2 Å². The van der Waals surface area contributed by atoms with Crippen LogP contribution in [0.5, 0.6) is 17.2 Å². The molecule has 0 saturated carbocycles. The Labute approximate surface area is 246 Å². The van der Waals surface area contributed by atoms with Gasteiger partial charge in [-0.1, -0.05) is 65.4 Å². The van der Waals surface area contributed by atoms with Crippen molar-refractivity contribution in [1.29, 1.82) is 0 Å². The van der Waals surface area contributed by atoms with Crippen LogP contribution >= 0.6 is 8.58 Å². The molecule has 2 aromatic carbocycles. The van der Waals surface area contributed by atoms with Gasteiger partial charge in [0.15, 0.2) is 5.52 Å². The minimum atomic E-state index is -0.0821. The number of aryl methyl sites for hydroxylation is 2. The van der Waals surface area contributed by atoms with Crippen molar-refractivity contribution in [2.45, 2.75) is 106 Å². The molecule has 2 rings (SSSR count). The summed E-state index contributed by atoms with van der Waals surface area (Å²) in [5, 5.41) is 0.857. The van der Waals surface area contributed by atoms with E-state index in [2.05, 4.69) is 47.6 Å². The molecule has 0 fully saturated rings. The maximum Gasteiger partial charge on any atom is 1.00 e. The quantitative estimate of drug-likeness (QED) is 0.138. The SMILES string of the molecule is CCCCCOc1cc(OCCCCC)c(PC(=O)c2c(C)cc(C)c(C)c2C)c(OCCCCC)c1.[Li+]. The Balaban J connectivity index is 0.00000722. The zero-order valence-corrected chi connectivity index (χ0v) is 26.4. The molecule has 1 unspecified atom stereocenters. The number of ether oxygens (including phenoxy) is 3. The number of carbonyl (C=O) groups is 1. The van der Waals surface area contributed by atoms with Gasteiger partial charge in [-0.25, -0.2) is 0 Å². The first-order valence-electron chi connectivity index (χ1n) is 14.3. The first kappa shape index (κ1) is 34.6. The molecule has 0 aliphatic carbocycles. The van der Waals surface area contributed by atoms with Gasteiger partial charge in [0, 0.05) is 17.7 Å². The Hall–Kier alpha value is -1.46. The largest absolute Gasteiger partial charge is 1.00 e. The number of hydrogen-bond donors (Lipinski definition) is 0. The van der Waals surface area contributed by atoms with Gasteiger partial charge >= 0.3 is 18.9 Å². The second kappa shape index (κ2) is 18.8. The van der Waals surface area contributed by atoms with Gasteiger partial charge in [-0.15, -0.1) is 0 Å². The Kier molecular flexibility index (Phi) is 17.1. The molecule has 38 heavy (non-hydrogen) atoms. The van der Waals surface area contributed by atoms with Crippen molar-refractivity contribution in [2.24, 2.45) is 0 Å². The van der Waals surface area contributed by atoms with E-state index in [1.165, 1.54) is 11.1 Å². The Morgan fingerprint density at radius 1 is 0.658 bits per heavy atom. The molecule has 206 valence electrons. The van der Waals surface area contributed by atoms with E-state index < -0.39 is 0 Å². The number of carbonyl (C=O) groups excluding carboxylic acids is 1. The summed E-state index contributed by atoms with van der Waals surface area (Å²) in [6.45, 7) is 16.8. The number of unbranched alkanes of at least 4 members (excludes halogenated alkanes) is 6. The van der Waals surface area contributed by atoms with Gasteiger partial charge in [0.1, 0.15) is 17.2 Å². The van der Waals surface area contributed by atoms with E-state index in [9.17, 15) is 4.79 Å². The molecule has 6 heteroatoms. The van der Waals surface area contributed by atoms with Gasteiger partial charge in [-0.05, 0) is 77.8 Å². The zero-order valence-electron chi connectivity index (χ0n) is 25.4. The molecule has 0 saturated heterocycles. The van der Waals surface area contributed by atoms with Crippen LogP contribution in [-0.2, 0) is 0 Å². The van der Waals surface area contributed by atoms with E-state index in [-0.39, 0.29) is 33.0 Å². The standard InChI is InChI=1S/C32H49O4P.Li/c1-8-11-14-17-34-27-21-28(35-18-15-12-9-2)31(29(22-27)36-19-16-13-10-3)37-32(33)30-24(5)20-23(4)25(6)26(30)7;/h20-22,37H,8-19H2,1-7H3;/q;+1. The summed E-state index contributed by atoms with van der Waals surface area (Å²) in [6.07, 6.45) is 9.78. The molecule has 0 heterocycles. The summed E-state index contributed by atoms with van der Waals surface area (Å²) in [7, 11) is -0.0821. The number of benzene rings is 2. The van der Waals surface area contributed by atoms with Gasteiger partial charge in [0.2, 0.25) is 0 Å². The summed E-state index contributed by atoms with van der Waals surface area (Å²) in [5.41, 5.74) is 5.47. The fraction of sp³-hybridized carbons (Fsp3) is 0.594. The van der Waals surface area contributed by atoms with Crippen molar-refractivity contribution >= 4 is 19.4 Å². The fourth-order valence-electron chi connectivity index (χ4n) is 4.42. The average molecular weight is 536 g/mol. The molecule has 0 amide bonds. The van der Waals surface area contributed by atoms with Crippen LogP contribution in [0.4, 0.5) is 0 Å². The second-order valence-corrected chi connectivity index (χ2v) is 11.3. The first-order chi connectivity index (χ1) is 17.8. The Morgan fingerprint density at radius 2 is 1.13 bits per heavy atom. The molecule has 0 bridgehead atoms. The molecule has 0 aliphatic heterocycles. The van der Waals surface area contributed by atoms with Gasteiger partial charge in [-0.3, -0.25) is 4.79 Å². The normalized spacial score (nSPS) is 11.0. The second-order valence-electron chi connectivity index (χ2n) is 10.1. The minimum Gasteiger partial charge on any atom is -0.493 e. The summed E-state index contributed by atoms with van der Waals surface area (Å²) >= 11 is 0. The molecule has 4 nitrogen and oxygen atoms in total. The average Bonchev–Trinajstić information content (AvgIpc) is 2.87. The Bertz CT molecular complexity index is 972. The van der Waals surface area contributed by atoms with Gasteiger partial charge in [-0.2, -0.15) is 0 Å². The van der Waals surface area contributed by atoms with Crippen LogP contribution in [0.2, 0.25) is 0 Å². The van der Waals surface area contributed by atoms with E-state index >= 15 is 0 Å². The molecular formula is C32H49LiO4P+. The van der Waals surface area contributed by atoms with E-state index in [1.807, 2.05) is 19.1 Å². The van der Waals surface area contributed by atoms with Crippen molar-refractivity contribution in [3.63, 3.8) is 0 Å². The van der Waals surface area contributed by atoms with E-state index in [4.69, 9.17) is 14.2 Å². The molecular weight excluding hydrogens is 486 g/mol. The summed E-state index contributed by atoms with van der Waals surface area (Å²) < 4.78 is 18.7. The molecule has 0 radical (unpaired) electrons. The predicted octanol–water partition coefficient (Wildman–Crippen LogP) is 5.78. The molecule has 0 aromatic heterocycles. The summed E-state index contributed by atoms with van der Waals surface area (Å²) in [6, 6.07) is 6.05. The van der Waals surface area contributed by atoms with E-state index in [0.717, 1.165) is 97.0 Å². The van der Waals surface area contributed by atoms with Crippen molar-refractivity contribution in [1.82, 2.24) is 0 Å². The van der Waals surface area contributed by atoms with Crippen LogP contribution in [0, 0.1) is 27.7 Å². The third-order valence-corrected chi connectivity index (χ3v) is 8.11. The number of hydrogen-bond acceptors (Lipinski definition) is 4. The number of rotatable bonds is 18. The molecule has 0 aliphatic rings. The van der Waals surface area contributed by atoms with E-state index in [0.29, 0.717) is 19.8 Å². The fourth-order valence-corrected chi connectivity index (χ4v) is 5.69. The van der Waals surface area contributed by atoms with Crippen LogP contribution in [0.1, 0.15) is 111 Å². The summed E-state index contributed by atoms with van der Waals surface area (Å²) in [5.74, 6) is 2.20. The molecule has 1 atom stereocenters. The Morgan fingerprint density at radius 3 is 1.61 bits per heavy atom. The molecule has 0 spiro atoms. The van der Waals surface area contributed by atoms with Crippen molar-refractivity contribution in [3.8, 4) is 17.2 Å². The van der Waals surface area contributed by atoms with Crippen LogP contribution < -0.4 is 38.4 Å². The summed E-state index contributed by atoms with van der Waals surface area (Å²) in [4.78, 5) is 13.8. The van der Waals surface area contributed by atoms with Gasteiger partial charge < -0.3 is 14.2 Å². The molecule has 0 N–H and O–H groups in total. The zero-order chi connectivity index (χ0) is 27.2. The van der Waals surface area contributed by atoms with Crippen LogP contribution in [0.3, 0.4) is 0 Å². The van der Waals surface area contributed by atoms with E-state index in [1.54, 1.807) is 0 Å². The van der Waals surface area contributed by atoms with Crippen molar-refractivity contribution < 1.29 is 37.9 Å². The van der Waals surface area contributed by atoms with Gasteiger partial charge in [0.05, 0.1) is 25.1 Å². The first-order valence-corrected chi connectivity index (χ1v) is 15.3. The smallest absolute Gasteiger partial charge is 0.493 e. The van der Waals surface area contributed by atoms with Crippen LogP contribution in [0.25, 0.3) is 0 Å². The van der Waals surface area contributed by atoms with Crippen molar-refractivity contribution in [2.75, 3.05) is 19.8 Å². The third-order valence-electron chi connectivity index (χ3n) is 6.89. The monoisotopic (exact) mass is 535 g/mol. The predicted molar refractivity (Wildman–Crippen MR) is 159 cm³/mol. The van der Waals surface area contributed by atoms with Crippen LogP contribution in [-0.4, -0.2) is 25.3 Å². The maximum absolute atomic E-state index is 13.8. The molecule has 2 aromatic rings. The topological polar surface area (TPSA) is 44.8 Å². The van der Waals surface area contributed by atoms with Crippen molar-refractivity contribution in [3.05, 3.63) is 46.0 Å². The third kappa shape index (κ3) is 10.6. The minimum absolute atomic E-state index is 0. The van der Waals surface area contributed by atoms with Gasteiger partial charge in [0.25, 0.3) is 0 Å². The maximum atomic E-state index is 13.8.